The predicted molar refractivity (Wildman–Crippen MR) is 37.2 cm³/mol. The number of hydrogen-bond acceptors (Lipinski definition) is 1. The maximum atomic E-state index is 3.05. The van der Waals surface area contributed by atoms with Crippen LogP contribution >= 0.6 is 11.3 Å². The number of rotatable bonds is 1. The fraction of sp³-hybridized carbons (Fsp3) is 0.429. The van der Waals surface area contributed by atoms with E-state index in [4.69, 9.17) is 0 Å². The third kappa shape index (κ3) is 2.62. The van der Waals surface area contributed by atoms with Crippen LogP contribution in [0, 0.1) is 5.38 Å². The molecule has 0 amide bonds. The maximum Gasteiger partial charge on any atom is 0 e. The molecule has 51 valence electrons. The van der Waals surface area contributed by atoms with Gasteiger partial charge in [0.1, 0.15) is 0 Å². The molecule has 2 heteroatoms. The van der Waals surface area contributed by atoms with E-state index in [0.717, 1.165) is 0 Å². The first-order valence-corrected chi connectivity index (χ1v) is 3.58. The van der Waals surface area contributed by atoms with Gasteiger partial charge in [-0.25, -0.2) is 6.07 Å². The Bertz CT molecular complexity index is 144. The summed E-state index contributed by atoms with van der Waals surface area (Å²) in [6.45, 7) is 4.39. The van der Waals surface area contributed by atoms with Crippen molar-refractivity contribution in [3.05, 3.63) is 22.4 Å². The molecular weight excluding hydrogens is 302 g/mol. The summed E-state index contributed by atoms with van der Waals surface area (Å²) in [5, 5.41) is 3.05. The van der Waals surface area contributed by atoms with Crippen molar-refractivity contribution >= 4 is 11.3 Å². The second-order valence-electron chi connectivity index (χ2n) is 2.11. The van der Waals surface area contributed by atoms with Crippen molar-refractivity contribution in [1.82, 2.24) is 0 Å². The maximum absolute atomic E-state index is 3.05. The van der Waals surface area contributed by atoms with E-state index >= 15 is 0 Å². The van der Waals surface area contributed by atoms with E-state index in [1.54, 1.807) is 11.3 Å². The first-order chi connectivity index (χ1) is 3.80. The molecule has 0 atom stereocenters. The Labute approximate surface area is 73.9 Å². The molecule has 0 aliphatic heterocycles. The third-order valence-electron chi connectivity index (χ3n) is 1.06. The van der Waals surface area contributed by atoms with Crippen LogP contribution in [0.2, 0.25) is 0 Å². The van der Waals surface area contributed by atoms with Gasteiger partial charge in [-0.2, -0.15) is 6.07 Å². The van der Waals surface area contributed by atoms with E-state index in [9.17, 15) is 0 Å². The summed E-state index contributed by atoms with van der Waals surface area (Å²) in [6.07, 6.45) is 0. The molecule has 0 unspecified atom stereocenters. The van der Waals surface area contributed by atoms with Crippen LogP contribution in [-0.4, -0.2) is 0 Å². The molecule has 0 spiro atoms. The summed E-state index contributed by atoms with van der Waals surface area (Å²) in [6, 6.07) is 4.09. The first-order valence-electron chi connectivity index (χ1n) is 2.76. The van der Waals surface area contributed by atoms with Crippen molar-refractivity contribution < 1.29 is 20.4 Å². The van der Waals surface area contributed by atoms with E-state index in [-0.39, 0.29) is 20.4 Å². The molecule has 0 saturated heterocycles. The van der Waals surface area contributed by atoms with Crippen molar-refractivity contribution in [2.75, 3.05) is 0 Å². The topological polar surface area (TPSA) is 0 Å². The molecule has 0 saturated carbocycles. The van der Waals surface area contributed by atoms with Gasteiger partial charge in [-0.3, -0.25) is 0 Å². The molecule has 1 aromatic heterocycles. The Balaban J connectivity index is 0.000000640. The second-order valence-corrected chi connectivity index (χ2v) is 3.02. The molecule has 0 N–H and O–H groups in total. The Hall–Kier alpha value is 0.362. The SMILES string of the molecule is CC(C)c1cc[c-]s1.[Re]. The fourth-order valence-electron chi connectivity index (χ4n) is 0.563. The minimum Gasteiger partial charge on any atom is -0.300 e. The van der Waals surface area contributed by atoms with Crippen molar-refractivity contribution in [2.45, 2.75) is 19.8 Å². The van der Waals surface area contributed by atoms with Crippen LogP contribution in [0.3, 0.4) is 0 Å². The molecule has 0 fully saturated rings. The van der Waals surface area contributed by atoms with E-state index in [1.165, 1.54) is 4.88 Å². The molecular formula is C7H9ReS-. The molecule has 0 aliphatic rings. The Morgan fingerprint density at radius 3 is 2.44 bits per heavy atom. The molecule has 0 aliphatic carbocycles. The Kier molecular flexibility index (Phi) is 4.39. The van der Waals surface area contributed by atoms with Crippen LogP contribution in [0.25, 0.3) is 0 Å². The summed E-state index contributed by atoms with van der Waals surface area (Å²) in [7, 11) is 0. The van der Waals surface area contributed by atoms with Gasteiger partial charge >= 0.3 is 0 Å². The van der Waals surface area contributed by atoms with E-state index < -0.39 is 0 Å². The zero-order valence-electron chi connectivity index (χ0n) is 5.52. The normalized spacial score (nSPS) is 9.22. The van der Waals surface area contributed by atoms with Crippen LogP contribution in [0.5, 0.6) is 0 Å². The zero-order chi connectivity index (χ0) is 5.98. The average molecular weight is 311 g/mol. The Morgan fingerprint density at radius 2 is 2.22 bits per heavy atom. The van der Waals surface area contributed by atoms with Crippen LogP contribution in [0.15, 0.2) is 12.1 Å². The molecule has 0 nitrogen and oxygen atoms in total. The fourth-order valence-corrected chi connectivity index (χ4v) is 1.21. The minimum absolute atomic E-state index is 0. The molecule has 1 rings (SSSR count). The summed E-state index contributed by atoms with van der Waals surface area (Å²) in [4.78, 5) is 1.42. The first kappa shape index (κ1) is 9.36. The summed E-state index contributed by atoms with van der Waals surface area (Å²) >= 11 is 1.71. The van der Waals surface area contributed by atoms with Gasteiger partial charge in [-0.05, 0) is 0 Å². The number of hydrogen-bond donors (Lipinski definition) is 0. The zero-order valence-corrected chi connectivity index (χ0v) is 9.05. The van der Waals surface area contributed by atoms with E-state index in [2.05, 4.69) is 25.3 Å². The monoisotopic (exact) mass is 312 g/mol. The van der Waals surface area contributed by atoms with Gasteiger partial charge in [0.2, 0.25) is 0 Å². The quantitative estimate of drug-likeness (QED) is 0.700. The van der Waals surface area contributed by atoms with Gasteiger partial charge in [0.25, 0.3) is 0 Å². The number of thiophene rings is 1. The Morgan fingerprint density at radius 1 is 1.56 bits per heavy atom. The largest absolute Gasteiger partial charge is 0.300 e. The smallest absolute Gasteiger partial charge is 0 e. The molecule has 0 aromatic carbocycles. The molecule has 1 radical (unpaired) electrons. The van der Waals surface area contributed by atoms with Crippen LogP contribution < -0.4 is 0 Å². The van der Waals surface area contributed by atoms with Gasteiger partial charge in [0.05, 0.1) is 0 Å². The van der Waals surface area contributed by atoms with Gasteiger partial charge in [0, 0.05) is 20.4 Å². The summed E-state index contributed by atoms with van der Waals surface area (Å²) in [5.41, 5.74) is 0. The molecule has 1 heterocycles. The van der Waals surface area contributed by atoms with Crippen LogP contribution in [0.4, 0.5) is 0 Å². The van der Waals surface area contributed by atoms with Gasteiger partial charge in [0.15, 0.2) is 0 Å². The summed E-state index contributed by atoms with van der Waals surface area (Å²) in [5.74, 6) is 0.672. The average Bonchev–Trinajstić information content (AvgIpc) is 2.12. The van der Waals surface area contributed by atoms with Crippen molar-refractivity contribution in [3.63, 3.8) is 0 Å². The van der Waals surface area contributed by atoms with Crippen LogP contribution in [-0.2, 0) is 20.4 Å². The molecule has 9 heavy (non-hydrogen) atoms. The van der Waals surface area contributed by atoms with Crippen molar-refractivity contribution in [2.24, 2.45) is 0 Å². The second kappa shape index (κ2) is 4.22. The third-order valence-corrected chi connectivity index (χ3v) is 2.16. The van der Waals surface area contributed by atoms with Crippen molar-refractivity contribution in [1.29, 1.82) is 0 Å². The predicted octanol–water partition coefficient (Wildman–Crippen LogP) is 2.67. The summed E-state index contributed by atoms with van der Waals surface area (Å²) < 4.78 is 0. The molecule has 1 aromatic rings. The van der Waals surface area contributed by atoms with Gasteiger partial charge in [-0.1, -0.05) is 19.8 Å². The van der Waals surface area contributed by atoms with Crippen LogP contribution in [0.1, 0.15) is 24.6 Å². The minimum atomic E-state index is 0. The van der Waals surface area contributed by atoms with Gasteiger partial charge < -0.3 is 11.3 Å². The molecule has 0 bridgehead atoms. The standard InChI is InChI=1S/C7H9S.Re/c1-6(2)7-4-3-5-8-7;/h3-4,6H,1-2H3;/q-1;. The van der Waals surface area contributed by atoms with E-state index in [1.807, 2.05) is 6.07 Å². The van der Waals surface area contributed by atoms with E-state index in [0.29, 0.717) is 5.92 Å². The van der Waals surface area contributed by atoms with Gasteiger partial charge in [-0.15, -0.1) is 10.3 Å². The van der Waals surface area contributed by atoms with Crippen molar-refractivity contribution in [3.8, 4) is 0 Å².